The molecule has 0 aliphatic heterocycles. The van der Waals surface area contributed by atoms with E-state index in [1.54, 1.807) is 19.1 Å². The van der Waals surface area contributed by atoms with Crippen LogP contribution in [0.5, 0.6) is 5.75 Å². The molecule has 0 aliphatic rings. The van der Waals surface area contributed by atoms with E-state index in [0.29, 0.717) is 22.6 Å². The molecule has 0 fully saturated rings. The van der Waals surface area contributed by atoms with Crippen LogP contribution >= 0.6 is 11.6 Å². The van der Waals surface area contributed by atoms with Crippen molar-refractivity contribution in [3.05, 3.63) is 28.3 Å². The third-order valence-electron chi connectivity index (χ3n) is 2.65. The molecule has 4 heteroatoms. The molecule has 0 aliphatic carbocycles. The highest BCUT2D eigenvalue weighted by atomic mass is 35.5. The maximum absolute atomic E-state index is 9.86. The standard InChI is InChI=1S/C12H18ClNO2/c1-3-4-10(15)11(14)9-6-8(13)5-7(2)12(9)16/h5-6,10-11,15-16H,3-4,14H2,1-2H3/t10-,11+/m1/s1. The predicted octanol–water partition coefficient (Wildman–Crippen LogP) is 2.51. The summed E-state index contributed by atoms with van der Waals surface area (Å²) in [7, 11) is 0. The summed E-state index contributed by atoms with van der Waals surface area (Å²) in [4.78, 5) is 0. The van der Waals surface area contributed by atoms with Crippen molar-refractivity contribution in [2.75, 3.05) is 0 Å². The number of aliphatic hydroxyl groups is 1. The lowest BCUT2D eigenvalue weighted by Gasteiger charge is -2.20. The minimum absolute atomic E-state index is 0.118. The molecule has 0 saturated heterocycles. The second-order valence-electron chi connectivity index (χ2n) is 4.04. The first-order valence-corrected chi connectivity index (χ1v) is 5.77. The van der Waals surface area contributed by atoms with Crippen LogP contribution in [0.2, 0.25) is 5.02 Å². The third kappa shape index (κ3) is 2.88. The highest BCUT2D eigenvalue weighted by Gasteiger charge is 2.20. The van der Waals surface area contributed by atoms with Crippen LogP contribution < -0.4 is 5.73 Å². The van der Waals surface area contributed by atoms with Crippen LogP contribution in [0.15, 0.2) is 12.1 Å². The van der Waals surface area contributed by atoms with Gasteiger partial charge in [0.1, 0.15) is 5.75 Å². The van der Waals surface area contributed by atoms with Gasteiger partial charge < -0.3 is 15.9 Å². The van der Waals surface area contributed by atoms with Crippen molar-refractivity contribution in [3.63, 3.8) is 0 Å². The average molecular weight is 244 g/mol. The monoisotopic (exact) mass is 243 g/mol. The summed E-state index contributed by atoms with van der Waals surface area (Å²) in [6.45, 7) is 3.72. The molecular formula is C12H18ClNO2. The van der Waals surface area contributed by atoms with Crippen LogP contribution in [0, 0.1) is 6.92 Å². The second kappa shape index (κ2) is 5.53. The Labute approximate surface area is 101 Å². The van der Waals surface area contributed by atoms with Gasteiger partial charge in [-0.2, -0.15) is 0 Å². The van der Waals surface area contributed by atoms with Crippen LogP contribution in [0.25, 0.3) is 0 Å². The normalized spacial score (nSPS) is 14.8. The summed E-state index contributed by atoms with van der Waals surface area (Å²) in [5.74, 6) is 0.118. The van der Waals surface area contributed by atoms with Gasteiger partial charge in [0.25, 0.3) is 0 Å². The van der Waals surface area contributed by atoms with Gasteiger partial charge in [-0.3, -0.25) is 0 Å². The van der Waals surface area contributed by atoms with E-state index in [-0.39, 0.29) is 5.75 Å². The molecule has 4 N–H and O–H groups in total. The molecule has 0 spiro atoms. The van der Waals surface area contributed by atoms with Gasteiger partial charge in [0.15, 0.2) is 0 Å². The number of hydrogen-bond acceptors (Lipinski definition) is 3. The number of rotatable bonds is 4. The lowest BCUT2D eigenvalue weighted by atomic mass is 9.96. The van der Waals surface area contributed by atoms with E-state index in [1.165, 1.54) is 0 Å². The van der Waals surface area contributed by atoms with Crippen molar-refractivity contribution in [2.45, 2.75) is 38.8 Å². The molecular weight excluding hydrogens is 226 g/mol. The number of hydrogen-bond donors (Lipinski definition) is 3. The summed E-state index contributed by atoms with van der Waals surface area (Å²) in [5, 5.41) is 20.2. The molecule has 0 heterocycles. The van der Waals surface area contributed by atoms with E-state index in [2.05, 4.69) is 0 Å². The van der Waals surface area contributed by atoms with Crippen molar-refractivity contribution >= 4 is 11.6 Å². The van der Waals surface area contributed by atoms with Crippen LogP contribution in [-0.2, 0) is 0 Å². The van der Waals surface area contributed by atoms with Gasteiger partial charge in [-0.1, -0.05) is 24.9 Å². The van der Waals surface area contributed by atoms with Gasteiger partial charge in [-0.05, 0) is 31.0 Å². The average Bonchev–Trinajstić information content (AvgIpc) is 2.22. The second-order valence-corrected chi connectivity index (χ2v) is 4.48. The first-order valence-electron chi connectivity index (χ1n) is 5.40. The number of aryl methyl sites for hydroxylation is 1. The van der Waals surface area contributed by atoms with Crippen LogP contribution in [0.3, 0.4) is 0 Å². The maximum atomic E-state index is 9.86. The zero-order valence-electron chi connectivity index (χ0n) is 9.57. The number of nitrogens with two attached hydrogens (primary N) is 1. The molecule has 1 aromatic carbocycles. The van der Waals surface area contributed by atoms with Crippen LogP contribution in [0.1, 0.15) is 36.9 Å². The zero-order chi connectivity index (χ0) is 12.3. The Balaban J connectivity index is 3.03. The molecule has 0 bridgehead atoms. The van der Waals surface area contributed by atoms with E-state index in [0.717, 1.165) is 6.42 Å². The Morgan fingerprint density at radius 1 is 1.44 bits per heavy atom. The molecule has 0 amide bonds. The molecule has 1 aromatic rings. The Hall–Kier alpha value is -0.770. The van der Waals surface area contributed by atoms with E-state index in [9.17, 15) is 10.2 Å². The Morgan fingerprint density at radius 2 is 2.06 bits per heavy atom. The Kier molecular flexibility index (Phi) is 4.59. The minimum Gasteiger partial charge on any atom is -0.507 e. The Bertz CT molecular complexity index is 368. The molecule has 2 atom stereocenters. The number of phenolic OH excluding ortho intramolecular Hbond substituents is 1. The Morgan fingerprint density at radius 3 is 2.62 bits per heavy atom. The summed E-state index contributed by atoms with van der Waals surface area (Å²) >= 11 is 5.90. The lowest BCUT2D eigenvalue weighted by Crippen LogP contribution is -2.26. The summed E-state index contributed by atoms with van der Waals surface area (Å²) < 4.78 is 0. The van der Waals surface area contributed by atoms with E-state index in [4.69, 9.17) is 17.3 Å². The number of aromatic hydroxyl groups is 1. The van der Waals surface area contributed by atoms with Gasteiger partial charge in [0, 0.05) is 10.6 Å². The highest BCUT2D eigenvalue weighted by Crippen LogP contribution is 2.32. The van der Waals surface area contributed by atoms with Crippen molar-refractivity contribution in [1.29, 1.82) is 0 Å². The molecule has 3 nitrogen and oxygen atoms in total. The van der Waals surface area contributed by atoms with Gasteiger partial charge in [-0.15, -0.1) is 0 Å². The quantitative estimate of drug-likeness (QED) is 0.761. The summed E-state index contributed by atoms with van der Waals surface area (Å²) in [5.41, 5.74) is 7.07. The van der Waals surface area contributed by atoms with Crippen molar-refractivity contribution in [1.82, 2.24) is 0 Å². The van der Waals surface area contributed by atoms with Gasteiger partial charge >= 0.3 is 0 Å². The molecule has 1 rings (SSSR count). The maximum Gasteiger partial charge on any atom is 0.123 e. The van der Waals surface area contributed by atoms with Crippen molar-refractivity contribution in [3.8, 4) is 5.75 Å². The molecule has 0 saturated carbocycles. The number of halogens is 1. The van der Waals surface area contributed by atoms with Crippen molar-refractivity contribution in [2.24, 2.45) is 5.73 Å². The van der Waals surface area contributed by atoms with Gasteiger partial charge in [0.05, 0.1) is 12.1 Å². The largest absolute Gasteiger partial charge is 0.507 e. The fourth-order valence-electron chi connectivity index (χ4n) is 1.70. The number of aliphatic hydroxyl groups excluding tert-OH is 1. The van der Waals surface area contributed by atoms with Crippen LogP contribution in [0.4, 0.5) is 0 Å². The lowest BCUT2D eigenvalue weighted by molar-refractivity contribution is 0.133. The summed E-state index contributed by atoms with van der Waals surface area (Å²) in [6, 6.07) is 2.67. The van der Waals surface area contributed by atoms with Gasteiger partial charge in [0.2, 0.25) is 0 Å². The van der Waals surface area contributed by atoms with Crippen LogP contribution in [-0.4, -0.2) is 16.3 Å². The fourth-order valence-corrected chi connectivity index (χ4v) is 1.98. The highest BCUT2D eigenvalue weighted by molar-refractivity contribution is 6.30. The molecule has 0 radical (unpaired) electrons. The topological polar surface area (TPSA) is 66.5 Å². The summed E-state index contributed by atoms with van der Waals surface area (Å²) in [6.07, 6.45) is 0.787. The zero-order valence-corrected chi connectivity index (χ0v) is 10.3. The molecule has 90 valence electrons. The SMILES string of the molecule is CCC[C@@H](O)[C@@H](N)c1cc(Cl)cc(C)c1O. The molecule has 16 heavy (non-hydrogen) atoms. The number of benzene rings is 1. The van der Waals surface area contributed by atoms with Crippen molar-refractivity contribution < 1.29 is 10.2 Å². The number of phenols is 1. The van der Waals surface area contributed by atoms with E-state index < -0.39 is 12.1 Å². The first kappa shape index (κ1) is 13.3. The minimum atomic E-state index is -0.659. The molecule has 0 aromatic heterocycles. The fraction of sp³-hybridized carbons (Fsp3) is 0.500. The first-order chi connectivity index (χ1) is 7.47. The predicted molar refractivity (Wildman–Crippen MR) is 65.7 cm³/mol. The smallest absolute Gasteiger partial charge is 0.123 e. The van der Waals surface area contributed by atoms with E-state index in [1.807, 2.05) is 6.92 Å². The van der Waals surface area contributed by atoms with Gasteiger partial charge in [-0.25, -0.2) is 0 Å². The van der Waals surface area contributed by atoms with E-state index >= 15 is 0 Å². The molecule has 0 unspecified atom stereocenters. The third-order valence-corrected chi connectivity index (χ3v) is 2.87.